The van der Waals surface area contributed by atoms with Gasteiger partial charge in [-0.05, 0) is 42.8 Å². The van der Waals surface area contributed by atoms with Crippen LogP contribution >= 0.6 is 11.6 Å². The van der Waals surface area contributed by atoms with Gasteiger partial charge in [0.2, 0.25) is 11.8 Å². The van der Waals surface area contributed by atoms with Crippen LogP contribution in [-0.2, 0) is 14.4 Å². The quantitative estimate of drug-likeness (QED) is 0.400. The molecule has 0 radical (unpaired) electrons. The average Bonchev–Trinajstić information content (AvgIpc) is 3.31. The number of alkyl halides is 2. The number of anilines is 2. The summed E-state index contributed by atoms with van der Waals surface area (Å²) in [7, 11) is 0. The molecule has 1 aliphatic carbocycles. The fourth-order valence-corrected chi connectivity index (χ4v) is 5.30. The molecule has 2 aliphatic rings. The highest BCUT2D eigenvalue weighted by Crippen LogP contribution is 2.39. The third kappa shape index (κ3) is 5.75. The van der Waals surface area contributed by atoms with Gasteiger partial charge < -0.3 is 5.32 Å². The second kappa shape index (κ2) is 11.4. The molecule has 1 unspecified atom stereocenters. The lowest BCUT2D eigenvalue weighted by atomic mass is 9.88. The fourth-order valence-electron chi connectivity index (χ4n) is 5.07. The Morgan fingerprint density at radius 1 is 1.12 bits per heavy atom. The summed E-state index contributed by atoms with van der Waals surface area (Å²) in [4.78, 5) is 51.2. The van der Waals surface area contributed by atoms with Crippen LogP contribution in [-0.4, -0.2) is 45.7 Å². The van der Waals surface area contributed by atoms with Gasteiger partial charge in [-0.1, -0.05) is 11.6 Å². The number of pyridine rings is 2. The number of rotatable bonds is 7. The minimum atomic E-state index is -2.98. The number of aromatic nitrogens is 2. The van der Waals surface area contributed by atoms with Crippen molar-refractivity contribution < 1.29 is 31.9 Å². The minimum absolute atomic E-state index is 0.0196. The van der Waals surface area contributed by atoms with Crippen molar-refractivity contribution in [2.24, 2.45) is 0 Å². The smallest absolute Gasteiger partial charge is 0.252 e. The van der Waals surface area contributed by atoms with Gasteiger partial charge in [0.15, 0.2) is 6.04 Å². The lowest BCUT2D eigenvalue weighted by molar-refractivity contribution is -0.133. The van der Waals surface area contributed by atoms with Crippen LogP contribution in [0.4, 0.5) is 29.1 Å². The summed E-state index contributed by atoms with van der Waals surface area (Å²) in [6, 6.07) is 5.58. The summed E-state index contributed by atoms with van der Waals surface area (Å²) in [5.41, 5.74) is -0.442. The summed E-state index contributed by atoms with van der Waals surface area (Å²) in [5, 5.41) is 11.7. The molecule has 2 fully saturated rings. The lowest BCUT2D eigenvalue weighted by Crippen LogP contribution is -2.56. The van der Waals surface area contributed by atoms with Crippen molar-refractivity contribution in [1.29, 1.82) is 5.26 Å². The van der Waals surface area contributed by atoms with Gasteiger partial charge >= 0.3 is 0 Å². The molecule has 1 N–H and O–H groups in total. The molecule has 216 valence electrons. The number of hydrogen-bond acceptors (Lipinski definition) is 6. The summed E-state index contributed by atoms with van der Waals surface area (Å²) in [6.07, 6.45) is 1.09. The Kier molecular flexibility index (Phi) is 7.83. The Bertz CT molecular complexity index is 1590. The topological polar surface area (TPSA) is 119 Å². The average molecular weight is 601 g/mol. The van der Waals surface area contributed by atoms with Gasteiger partial charge in [0, 0.05) is 43.8 Å². The van der Waals surface area contributed by atoms with Crippen molar-refractivity contribution in [3.63, 3.8) is 0 Å². The molecule has 9 nitrogen and oxygen atoms in total. The van der Waals surface area contributed by atoms with Crippen LogP contribution in [0.2, 0.25) is 5.02 Å². The largest absolute Gasteiger partial charge is 0.351 e. The molecule has 0 spiro atoms. The zero-order chi connectivity index (χ0) is 30.2. The van der Waals surface area contributed by atoms with Gasteiger partial charge in [-0.25, -0.2) is 22.5 Å². The predicted molar refractivity (Wildman–Crippen MR) is 141 cm³/mol. The first-order valence-electron chi connectivity index (χ1n) is 12.7. The molecule has 1 aliphatic heterocycles. The van der Waals surface area contributed by atoms with Crippen LogP contribution in [0.25, 0.3) is 0 Å². The van der Waals surface area contributed by atoms with Gasteiger partial charge in [-0.2, -0.15) is 5.26 Å². The zero-order valence-corrected chi connectivity index (χ0v) is 22.4. The predicted octanol–water partition coefficient (Wildman–Crippen LogP) is 4.46. The number of nitriles is 1. The summed E-state index contributed by atoms with van der Waals surface area (Å²) in [6.45, 7) is 0. The highest BCUT2D eigenvalue weighted by atomic mass is 35.5. The number of nitrogens with zero attached hydrogens (tertiary/aromatic N) is 5. The van der Waals surface area contributed by atoms with Crippen molar-refractivity contribution >= 4 is 40.8 Å². The monoisotopic (exact) mass is 600 g/mol. The number of hydrogen-bond donors (Lipinski definition) is 1. The third-order valence-electron chi connectivity index (χ3n) is 6.97. The Labute approximate surface area is 241 Å². The number of carbonyl (C=O) groups is 3. The Morgan fingerprint density at radius 3 is 2.48 bits per heavy atom. The molecular formula is C28H21ClF4N6O3. The van der Waals surface area contributed by atoms with Crippen LogP contribution in [0.15, 0.2) is 54.9 Å². The second-order valence-corrected chi connectivity index (χ2v) is 10.3. The van der Waals surface area contributed by atoms with Crippen molar-refractivity contribution in [2.75, 3.05) is 9.80 Å². The normalized spacial score (nSPS) is 18.6. The van der Waals surface area contributed by atoms with Crippen LogP contribution in [0.5, 0.6) is 0 Å². The molecule has 2 atom stereocenters. The van der Waals surface area contributed by atoms with E-state index in [4.69, 9.17) is 11.6 Å². The number of carbonyl (C=O) groups excluding carboxylic acids is 3. The van der Waals surface area contributed by atoms with E-state index in [1.54, 1.807) is 0 Å². The first-order valence-corrected chi connectivity index (χ1v) is 13.1. The molecule has 3 aromatic rings. The number of nitrogens with one attached hydrogen (secondary N) is 1. The van der Waals surface area contributed by atoms with Gasteiger partial charge in [-0.3, -0.25) is 29.2 Å². The van der Waals surface area contributed by atoms with E-state index >= 15 is 0 Å². The van der Waals surface area contributed by atoms with Crippen LogP contribution in [0, 0.1) is 23.0 Å². The molecule has 42 heavy (non-hydrogen) atoms. The molecular weight excluding hydrogens is 580 g/mol. The molecule has 1 aromatic carbocycles. The lowest BCUT2D eigenvalue weighted by Gasteiger charge is -2.39. The van der Waals surface area contributed by atoms with Crippen LogP contribution in [0.3, 0.4) is 0 Å². The van der Waals surface area contributed by atoms with Crippen molar-refractivity contribution in [3.05, 3.63) is 82.8 Å². The van der Waals surface area contributed by atoms with E-state index in [2.05, 4.69) is 15.3 Å². The van der Waals surface area contributed by atoms with E-state index in [1.165, 1.54) is 36.7 Å². The van der Waals surface area contributed by atoms with E-state index < -0.39 is 71.9 Å². The van der Waals surface area contributed by atoms with E-state index in [0.29, 0.717) is 6.07 Å². The maximum Gasteiger partial charge on any atom is 0.252 e. The van der Waals surface area contributed by atoms with Gasteiger partial charge in [-0.15, -0.1) is 0 Å². The van der Waals surface area contributed by atoms with Gasteiger partial charge in [0.1, 0.15) is 23.5 Å². The molecule has 1 saturated carbocycles. The standard InChI is InChI=1S/C28H21ClF4N6O3/c29-20-2-1-6-36-24(20)25(26(41)37-18-12-28(32,33)13-18)38(19-10-16(30)9-17(31)11-19)27(42)21-3-4-23(40)39(21)22-8-15(14-34)5-7-35-22/h1-2,5-11,18,21,25H,3-4,12-13H2,(H,37,41)/t21-,25?/m0/s1. The van der Waals surface area contributed by atoms with Gasteiger partial charge in [0.25, 0.3) is 11.8 Å². The van der Waals surface area contributed by atoms with Crippen LogP contribution < -0.4 is 15.1 Å². The molecule has 2 aromatic heterocycles. The van der Waals surface area contributed by atoms with Crippen molar-refractivity contribution in [3.8, 4) is 6.07 Å². The minimum Gasteiger partial charge on any atom is -0.351 e. The highest BCUT2D eigenvalue weighted by molar-refractivity contribution is 6.31. The second-order valence-electron chi connectivity index (χ2n) is 9.91. The Hall–Kier alpha value is -4.57. The summed E-state index contributed by atoms with van der Waals surface area (Å²) >= 11 is 6.38. The number of amides is 3. The van der Waals surface area contributed by atoms with E-state index in [-0.39, 0.29) is 34.9 Å². The van der Waals surface area contributed by atoms with Crippen LogP contribution in [0.1, 0.15) is 43.0 Å². The third-order valence-corrected chi connectivity index (χ3v) is 7.29. The van der Waals surface area contributed by atoms with E-state index in [1.807, 2.05) is 6.07 Å². The molecule has 14 heteroatoms. The first-order chi connectivity index (χ1) is 20.0. The molecule has 3 amide bonds. The summed E-state index contributed by atoms with van der Waals surface area (Å²) in [5.74, 6) is -7.59. The molecule has 1 saturated heterocycles. The van der Waals surface area contributed by atoms with Gasteiger partial charge in [0.05, 0.1) is 28.0 Å². The van der Waals surface area contributed by atoms with E-state index in [9.17, 15) is 37.2 Å². The number of halogens is 5. The molecule has 5 rings (SSSR count). The van der Waals surface area contributed by atoms with Crippen molar-refractivity contribution in [1.82, 2.24) is 15.3 Å². The van der Waals surface area contributed by atoms with Crippen molar-refractivity contribution in [2.45, 2.75) is 49.7 Å². The fraction of sp³-hybridized carbons (Fsp3) is 0.286. The molecule has 0 bridgehead atoms. The Balaban J connectivity index is 1.63. The maximum atomic E-state index is 14.5. The van der Waals surface area contributed by atoms with E-state index in [0.717, 1.165) is 21.9 Å². The summed E-state index contributed by atoms with van der Waals surface area (Å²) < 4.78 is 56.2. The molecule has 3 heterocycles. The maximum absolute atomic E-state index is 14.5. The first kappa shape index (κ1) is 28.9. The zero-order valence-electron chi connectivity index (χ0n) is 21.6. The Morgan fingerprint density at radius 2 is 1.83 bits per heavy atom. The number of benzene rings is 1. The SMILES string of the molecule is N#Cc1ccnc(N2C(=O)CC[C@H]2C(=O)N(c2cc(F)cc(F)c2)C(C(=O)NC2CC(F)(F)C2)c2ncccc2Cl)c1. The highest BCUT2D eigenvalue weighted by Gasteiger charge is 2.49.